The van der Waals surface area contributed by atoms with E-state index >= 15 is 0 Å². The zero-order valence-electron chi connectivity index (χ0n) is 16.9. The van der Waals surface area contributed by atoms with Crippen LogP contribution in [-0.4, -0.2) is 42.7 Å². The van der Waals surface area contributed by atoms with Crippen molar-refractivity contribution >= 4 is 28.2 Å². The number of hydrogen-bond donors (Lipinski definition) is 2. The van der Waals surface area contributed by atoms with Gasteiger partial charge in [-0.2, -0.15) is 0 Å². The molecule has 5 rings (SSSR count). The van der Waals surface area contributed by atoms with Crippen LogP contribution in [-0.2, 0) is 13.0 Å². The second kappa shape index (κ2) is 8.31. The van der Waals surface area contributed by atoms with E-state index in [1.807, 2.05) is 17.5 Å². The Morgan fingerprint density at radius 1 is 1.13 bits per heavy atom. The molecular weight excluding hydrogens is 396 g/mol. The predicted molar refractivity (Wildman–Crippen MR) is 122 cm³/mol. The number of hydrogen-bond acceptors (Lipinski definition) is 8. The van der Waals surface area contributed by atoms with E-state index in [1.54, 1.807) is 18.4 Å². The first-order valence-corrected chi connectivity index (χ1v) is 11.1. The standard InChI is InChI=1S/C22H24N6OS/c1-29-19-7-2-5-15-13-28(12-9-16(15)19)20-8-3-6-17(25-20)18-14-30-22(26-18)27-21-23-10-4-11-24-21/h2-3,5-8,14H,4,9-13H2,1H3,(H2,23,24,26,27). The van der Waals surface area contributed by atoms with E-state index in [1.165, 1.54) is 11.1 Å². The maximum absolute atomic E-state index is 5.53. The van der Waals surface area contributed by atoms with Gasteiger partial charge in [-0.15, -0.1) is 11.3 Å². The van der Waals surface area contributed by atoms with Crippen LogP contribution in [0.4, 0.5) is 10.9 Å². The lowest BCUT2D eigenvalue weighted by Crippen LogP contribution is -2.35. The first kappa shape index (κ1) is 18.9. The van der Waals surface area contributed by atoms with Crippen molar-refractivity contribution in [1.29, 1.82) is 0 Å². The number of aliphatic imine (C=N–C) groups is 1. The van der Waals surface area contributed by atoms with Gasteiger partial charge in [0, 0.05) is 37.1 Å². The van der Waals surface area contributed by atoms with E-state index in [0.29, 0.717) is 0 Å². The van der Waals surface area contributed by atoms with Crippen molar-refractivity contribution in [3.05, 3.63) is 52.9 Å². The third kappa shape index (κ3) is 3.82. The molecule has 0 saturated heterocycles. The van der Waals surface area contributed by atoms with Gasteiger partial charge in [0.05, 0.1) is 12.8 Å². The zero-order chi connectivity index (χ0) is 20.3. The summed E-state index contributed by atoms with van der Waals surface area (Å²) in [5.74, 6) is 2.75. The highest BCUT2D eigenvalue weighted by Crippen LogP contribution is 2.31. The molecule has 2 aliphatic heterocycles. The highest BCUT2D eigenvalue weighted by molar-refractivity contribution is 7.14. The Morgan fingerprint density at radius 3 is 2.93 bits per heavy atom. The fourth-order valence-electron chi connectivity index (χ4n) is 3.87. The Labute approximate surface area is 179 Å². The minimum absolute atomic E-state index is 0.797. The number of rotatable bonds is 4. The molecule has 0 amide bonds. The molecule has 0 radical (unpaired) electrons. The first-order valence-electron chi connectivity index (χ1n) is 10.2. The van der Waals surface area contributed by atoms with Crippen molar-refractivity contribution in [3.63, 3.8) is 0 Å². The molecule has 0 aliphatic carbocycles. The normalized spacial score (nSPS) is 15.8. The van der Waals surface area contributed by atoms with Gasteiger partial charge in [0.1, 0.15) is 17.3 Å². The van der Waals surface area contributed by atoms with Crippen molar-refractivity contribution in [1.82, 2.24) is 15.3 Å². The summed E-state index contributed by atoms with van der Waals surface area (Å²) in [7, 11) is 1.74. The number of anilines is 2. The minimum atomic E-state index is 0.797. The van der Waals surface area contributed by atoms with Crippen LogP contribution in [0, 0.1) is 0 Å². The summed E-state index contributed by atoms with van der Waals surface area (Å²) in [4.78, 5) is 16.4. The predicted octanol–water partition coefficient (Wildman–Crippen LogP) is 3.54. The van der Waals surface area contributed by atoms with Crippen LogP contribution in [0.5, 0.6) is 5.75 Å². The number of guanidine groups is 1. The molecule has 0 spiro atoms. The van der Waals surface area contributed by atoms with Gasteiger partial charge in [0.2, 0.25) is 0 Å². The van der Waals surface area contributed by atoms with Crippen molar-refractivity contribution in [3.8, 4) is 17.1 Å². The van der Waals surface area contributed by atoms with Crippen molar-refractivity contribution in [2.24, 2.45) is 4.99 Å². The van der Waals surface area contributed by atoms with Crippen molar-refractivity contribution in [2.45, 2.75) is 19.4 Å². The average molecular weight is 421 g/mol. The number of fused-ring (bicyclic) bond motifs is 1. The minimum Gasteiger partial charge on any atom is -0.496 e. The maximum Gasteiger partial charge on any atom is 0.197 e. The van der Waals surface area contributed by atoms with Crippen LogP contribution in [0.2, 0.25) is 0 Å². The lowest BCUT2D eigenvalue weighted by molar-refractivity contribution is 0.407. The molecule has 1 aromatic carbocycles. The number of nitrogens with one attached hydrogen (secondary N) is 2. The number of pyridine rings is 1. The Morgan fingerprint density at radius 2 is 2.07 bits per heavy atom. The van der Waals surface area contributed by atoms with Crippen LogP contribution in [0.1, 0.15) is 17.5 Å². The molecule has 7 nitrogen and oxygen atoms in total. The quantitative estimate of drug-likeness (QED) is 0.673. The van der Waals surface area contributed by atoms with Crippen LogP contribution < -0.4 is 20.3 Å². The molecule has 4 heterocycles. The fourth-order valence-corrected chi connectivity index (χ4v) is 4.57. The molecule has 0 unspecified atom stereocenters. The maximum atomic E-state index is 5.53. The molecular formula is C22H24N6OS. The van der Waals surface area contributed by atoms with Crippen LogP contribution in [0.3, 0.4) is 0 Å². The van der Waals surface area contributed by atoms with E-state index < -0.39 is 0 Å². The van der Waals surface area contributed by atoms with E-state index in [2.05, 4.69) is 44.8 Å². The Balaban J connectivity index is 1.34. The van der Waals surface area contributed by atoms with Crippen LogP contribution >= 0.6 is 11.3 Å². The number of methoxy groups -OCH3 is 1. The Hall–Kier alpha value is -3.13. The summed E-state index contributed by atoms with van der Waals surface area (Å²) in [6.45, 7) is 3.54. The molecule has 154 valence electrons. The molecule has 0 fully saturated rings. The lowest BCUT2D eigenvalue weighted by Gasteiger charge is -2.30. The Kier molecular flexibility index (Phi) is 5.23. The molecule has 30 heavy (non-hydrogen) atoms. The second-order valence-corrected chi connectivity index (χ2v) is 8.18. The van der Waals surface area contributed by atoms with Crippen LogP contribution in [0.25, 0.3) is 11.4 Å². The third-order valence-corrected chi connectivity index (χ3v) is 6.15. The summed E-state index contributed by atoms with van der Waals surface area (Å²) in [5, 5.41) is 9.39. The van der Waals surface area contributed by atoms with Crippen LogP contribution in [0.15, 0.2) is 46.8 Å². The highest BCUT2D eigenvalue weighted by atomic mass is 32.1. The van der Waals surface area contributed by atoms with Gasteiger partial charge in [0.15, 0.2) is 11.1 Å². The largest absolute Gasteiger partial charge is 0.496 e. The summed E-state index contributed by atoms with van der Waals surface area (Å²) >= 11 is 1.56. The van der Waals surface area contributed by atoms with Gasteiger partial charge in [-0.3, -0.25) is 4.99 Å². The topological polar surface area (TPSA) is 74.7 Å². The number of nitrogens with zero attached hydrogens (tertiary/aromatic N) is 4. The van der Waals surface area contributed by atoms with E-state index in [4.69, 9.17) is 14.7 Å². The third-order valence-electron chi connectivity index (χ3n) is 5.39. The molecule has 0 bridgehead atoms. The van der Waals surface area contributed by atoms with Gasteiger partial charge in [-0.25, -0.2) is 9.97 Å². The van der Waals surface area contributed by atoms with E-state index in [9.17, 15) is 0 Å². The smallest absolute Gasteiger partial charge is 0.197 e. The number of thiazole rings is 1. The number of aromatic nitrogens is 2. The zero-order valence-corrected chi connectivity index (χ0v) is 17.7. The number of benzene rings is 1. The summed E-state index contributed by atoms with van der Waals surface area (Å²) in [6, 6.07) is 12.4. The summed E-state index contributed by atoms with van der Waals surface area (Å²) in [6.07, 6.45) is 2.02. The Bertz CT molecular complexity index is 1080. The van der Waals surface area contributed by atoms with Gasteiger partial charge in [0.25, 0.3) is 0 Å². The van der Waals surface area contributed by atoms with Crippen molar-refractivity contribution < 1.29 is 4.74 Å². The lowest BCUT2D eigenvalue weighted by atomic mass is 9.98. The fraction of sp³-hybridized carbons (Fsp3) is 0.318. The second-order valence-electron chi connectivity index (χ2n) is 7.32. The first-order chi connectivity index (χ1) is 14.8. The van der Waals surface area contributed by atoms with E-state index in [0.717, 1.165) is 73.1 Å². The monoisotopic (exact) mass is 420 g/mol. The molecule has 2 aromatic heterocycles. The molecule has 2 N–H and O–H groups in total. The van der Waals surface area contributed by atoms with E-state index in [-0.39, 0.29) is 0 Å². The molecule has 8 heteroatoms. The molecule has 0 saturated carbocycles. The molecule has 2 aliphatic rings. The van der Waals surface area contributed by atoms with Gasteiger partial charge >= 0.3 is 0 Å². The molecule has 3 aromatic rings. The van der Waals surface area contributed by atoms with Crippen molar-refractivity contribution in [2.75, 3.05) is 37.0 Å². The molecule has 0 atom stereocenters. The SMILES string of the molecule is COc1cccc2c1CCN(c1cccc(-c3csc(NC4=NCCCN4)n3)n1)C2. The van der Waals surface area contributed by atoms with Gasteiger partial charge < -0.3 is 20.3 Å². The summed E-state index contributed by atoms with van der Waals surface area (Å²) in [5.41, 5.74) is 4.36. The average Bonchev–Trinajstić information content (AvgIpc) is 3.27. The number of ether oxygens (including phenoxy) is 1. The van der Waals surface area contributed by atoms with Gasteiger partial charge in [-0.05, 0) is 36.6 Å². The summed E-state index contributed by atoms with van der Waals surface area (Å²) < 4.78 is 5.53. The highest BCUT2D eigenvalue weighted by Gasteiger charge is 2.20. The van der Waals surface area contributed by atoms with Gasteiger partial charge in [-0.1, -0.05) is 18.2 Å².